The molecule has 2 rings (SSSR count). The number of nitrogens with zero attached hydrogens (tertiary/aromatic N) is 1. The van der Waals surface area contributed by atoms with Crippen molar-refractivity contribution in [2.75, 3.05) is 32.7 Å². The highest BCUT2D eigenvalue weighted by Gasteiger charge is 2.32. The number of nitrogens with one attached hydrogen (secondary N) is 2. The number of rotatable bonds is 8. The molecule has 20 heavy (non-hydrogen) atoms. The molecule has 0 aromatic heterocycles. The minimum Gasteiger partial charge on any atom is -0.314 e. The van der Waals surface area contributed by atoms with E-state index in [9.17, 15) is 0 Å². The van der Waals surface area contributed by atoms with Gasteiger partial charge in [-0.15, -0.1) is 0 Å². The summed E-state index contributed by atoms with van der Waals surface area (Å²) in [7, 11) is 0. The average molecular weight is 281 g/mol. The van der Waals surface area contributed by atoms with E-state index in [0.717, 1.165) is 18.0 Å². The van der Waals surface area contributed by atoms with Crippen LogP contribution < -0.4 is 10.6 Å². The molecule has 3 nitrogen and oxygen atoms in total. The quantitative estimate of drug-likeness (QED) is 0.716. The molecule has 1 aliphatic heterocycles. The molecule has 118 valence electrons. The Kier molecular flexibility index (Phi) is 7.32. The first-order chi connectivity index (χ1) is 9.85. The predicted octanol–water partition coefficient (Wildman–Crippen LogP) is 2.62. The van der Waals surface area contributed by atoms with Gasteiger partial charge in [0, 0.05) is 25.2 Å². The van der Waals surface area contributed by atoms with E-state index in [-0.39, 0.29) is 0 Å². The maximum absolute atomic E-state index is 3.89. The van der Waals surface area contributed by atoms with Gasteiger partial charge >= 0.3 is 0 Å². The van der Waals surface area contributed by atoms with Crippen LogP contribution in [0.15, 0.2) is 0 Å². The zero-order valence-electron chi connectivity index (χ0n) is 13.7. The lowest BCUT2D eigenvalue weighted by Crippen LogP contribution is -2.48. The second-order valence-electron chi connectivity index (χ2n) is 6.65. The van der Waals surface area contributed by atoms with Crippen LogP contribution in [0.4, 0.5) is 0 Å². The van der Waals surface area contributed by atoms with Gasteiger partial charge in [-0.25, -0.2) is 0 Å². The van der Waals surface area contributed by atoms with Gasteiger partial charge in [0.25, 0.3) is 0 Å². The fourth-order valence-corrected chi connectivity index (χ4v) is 4.12. The third-order valence-electron chi connectivity index (χ3n) is 5.26. The first-order valence-electron chi connectivity index (χ1n) is 9.04. The molecule has 3 atom stereocenters. The minimum atomic E-state index is 0.764. The molecule has 3 unspecified atom stereocenters. The largest absolute Gasteiger partial charge is 0.314 e. The van der Waals surface area contributed by atoms with E-state index in [0.29, 0.717) is 0 Å². The van der Waals surface area contributed by atoms with E-state index in [1.807, 2.05) is 0 Å². The molecular formula is C17H35N3. The standard InChI is InChI=1S/C17H35N3/c1-3-13-20(4-2)14-12-19-16-9-6-5-8-15(16)17-10-7-11-18-17/h15-19H,3-14H2,1-2H3. The van der Waals surface area contributed by atoms with Gasteiger partial charge in [-0.3, -0.25) is 0 Å². The van der Waals surface area contributed by atoms with Crippen molar-refractivity contribution < 1.29 is 0 Å². The molecule has 1 saturated carbocycles. The van der Waals surface area contributed by atoms with Crippen LogP contribution in [0.1, 0.15) is 58.8 Å². The lowest BCUT2D eigenvalue weighted by Gasteiger charge is -2.37. The minimum absolute atomic E-state index is 0.764. The van der Waals surface area contributed by atoms with Gasteiger partial charge < -0.3 is 15.5 Å². The van der Waals surface area contributed by atoms with Crippen molar-refractivity contribution in [2.24, 2.45) is 5.92 Å². The summed E-state index contributed by atoms with van der Waals surface area (Å²) in [6.07, 6.45) is 9.75. The van der Waals surface area contributed by atoms with Gasteiger partial charge in [0.1, 0.15) is 0 Å². The van der Waals surface area contributed by atoms with Crippen molar-refractivity contribution in [2.45, 2.75) is 70.9 Å². The van der Waals surface area contributed by atoms with Crippen molar-refractivity contribution in [3.63, 3.8) is 0 Å². The molecule has 0 aromatic rings. The molecule has 2 fully saturated rings. The van der Waals surface area contributed by atoms with Gasteiger partial charge in [-0.1, -0.05) is 26.7 Å². The third-order valence-corrected chi connectivity index (χ3v) is 5.26. The van der Waals surface area contributed by atoms with Crippen molar-refractivity contribution in [3.05, 3.63) is 0 Å². The van der Waals surface area contributed by atoms with Crippen LogP contribution in [0.5, 0.6) is 0 Å². The van der Waals surface area contributed by atoms with E-state index in [1.165, 1.54) is 77.7 Å². The lowest BCUT2D eigenvalue weighted by molar-refractivity contribution is 0.204. The summed E-state index contributed by atoms with van der Waals surface area (Å²) in [5, 5.41) is 7.63. The van der Waals surface area contributed by atoms with Crippen molar-refractivity contribution in [3.8, 4) is 0 Å². The summed E-state index contributed by atoms with van der Waals surface area (Å²) >= 11 is 0. The van der Waals surface area contributed by atoms with Crippen LogP contribution in [-0.2, 0) is 0 Å². The maximum atomic E-state index is 3.89. The van der Waals surface area contributed by atoms with Crippen molar-refractivity contribution >= 4 is 0 Å². The number of hydrogen-bond acceptors (Lipinski definition) is 3. The monoisotopic (exact) mass is 281 g/mol. The fraction of sp³-hybridized carbons (Fsp3) is 1.00. The summed E-state index contributed by atoms with van der Waals surface area (Å²) in [6.45, 7) is 10.6. The Morgan fingerprint density at radius 2 is 1.90 bits per heavy atom. The molecule has 1 heterocycles. The maximum Gasteiger partial charge on any atom is 0.0111 e. The van der Waals surface area contributed by atoms with E-state index in [1.54, 1.807) is 0 Å². The van der Waals surface area contributed by atoms with Gasteiger partial charge in [-0.2, -0.15) is 0 Å². The summed E-state index contributed by atoms with van der Waals surface area (Å²) < 4.78 is 0. The molecule has 1 saturated heterocycles. The van der Waals surface area contributed by atoms with Crippen LogP contribution in [0, 0.1) is 5.92 Å². The molecule has 0 amide bonds. The first-order valence-corrected chi connectivity index (χ1v) is 9.04. The van der Waals surface area contributed by atoms with Gasteiger partial charge in [-0.05, 0) is 57.7 Å². The van der Waals surface area contributed by atoms with Crippen LogP contribution in [-0.4, -0.2) is 49.7 Å². The Hall–Kier alpha value is -0.120. The second-order valence-corrected chi connectivity index (χ2v) is 6.65. The summed E-state index contributed by atoms with van der Waals surface area (Å²) in [5.41, 5.74) is 0. The van der Waals surface area contributed by atoms with Crippen LogP contribution in [0.2, 0.25) is 0 Å². The highest BCUT2D eigenvalue weighted by molar-refractivity contribution is 4.91. The van der Waals surface area contributed by atoms with E-state index >= 15 is 0 Å². The summed E-state index contributed by atoms with van der Waals surface area (Å²) in [4.78, 5) is 2.57. The molecule has 0 radical (unpaired) electrons. The van der Waals surface area contributed by atoms with E-state index < -0.39 is 0 Å². The smallest absolute Gasteiger partial charge is 0.0111 e. The fourth-order valence-electron chi connectivity index (χ4n) is 4.12. The summed E-state index contributed by atoms with van der Waals surface area (Å²) in [6, 6.07) is 1.56. The molecule has 0 spiro atoms. The highest BCUT2D eigenvalue weighted by Crippen LogP contribution is 2.30. The molecule has 1 aliphatic carbocycles. The third kappa shape index (κ3) is 4.71. The first kappa shape index (κ1) is 16.3. The number of likely N-dealkylation sites (N-methyl/N-ethyl adjacent to an activating group) is 1. The van der Waals surface area contributed by atoms with Crippen molar-refractivity contribution in [1.29, 1.82) is 0 Å². The average Bonchev–Trinajstić information content (AvgIpc) is 3.01. The van der Waals surface area contributed by atoms with Crippen LogP contribution in [0.3, 0.4) is 0 Å². The Labute approximate surface area is 125 Å². The highest BCUT2D eigenvalue weighted by atomic mass is 15.1. The zero-order valence-corrected chi connectivity index (χ0v) is 13.7. The van der Waals surface area contributed by atoms with Crippen LogP contribution in [0.25, 0.3) is 0 Å². The molecule has 0 aromatic carbocycles. The normalized spacial score (nSPS) is 31.1. The topological polar surface area (TPSA) is 27.3 Å². The zero-order chi connectivity index (χ0) is 14.2. The van der Waals surface area contributed by atoms with E-state index in [4.69, 9.17) is 0 Å². The SMILES string of the molecule is CCCN(CC)CCNC1CCCCC1C1CCCN1. The van der Waals surface area contributed by atoms with Gasteiger partial charge in [0.05, 0.1) is 0 Å². The molecule has 0 bridgehead atoms. The Balaban J connectivity index is 1.74. The molecule has 3 heteroatoms. The molecular weight excluding hydrogens is 246 g/mol. The summed E-state index contributed by atoms with van der Waals surface area (Å²) in [5.74, 6) is 0.882. The number of hydrogen-bond donors (Lipinski definition) is 2. The van der Waals surface area contributed by atoms with Crippen molar-refractivity contribution in [1.82, 2.24) is 15.5 Å². The van der Waals surface area contributed by atoms with Gasteiger partial charge in [0.2, 0.25) is 0 Å². The Bertz CT molecular complexity index is 251. The Morgan fingerprint density at radius 3 is 2.60 bits per heavy atom. The second kappa shape index (κ2) is 9.01. The van der Waals surface area contributed by atoms with Crippen LogP contribution >= 0.6 is 0 Å². The van der Waals surface area contributed by atoms with Gasteiger partial charge in [0.15, 0.2) is 0 Å². The predicted molar refractivity (Wildman–Crippen MR) is 87.2 cm³/mol. The molecule has 2 N–H and O–H groups in total. The van der Waals surface area contributed by atoms with E-state index in [2.05, 4.69) is 29.4 Å². The Morgan fingerprint density at radius 1 is 1.05 bits per heavy atom. The lowest BCUT2D eigenvalue weighted by atomic mass is 9.79. The molecule has 2 aliphatic rings.